The van der Waals surface area contributed by atoms with Crippen molar-refractivity contribution in [1.82, 2.24) is 25.2 Å². The zero-order valence-electron chi connectivity index (χ0n) is 21.8. The Morgan fingerprint density at radius 2 is 1.92 bits per heavy atom. The molecule has 3 saturated heterocycles. The molecule has 1 spiro atoms. The van der Waals surface area contributed by atoms with Crippen LogP contribution >= 0.6 is 11.8 Å². The van der Waals surface area contributed by atoms with Crippen LogP contribution in [0, 0.1) is 11.8 Å². The topological polar surface area (TPSA) is 127 Å². The van der Waals surface area contributed by atoms with E-state index < -0.39 is 39.4 Å². The van der Waals surface area contributed by atoms with Crippen molar-refractivity contribution in [3.05, 3.63) is 60.2 Å². The Balaban J connectivity index is 1.39. The highest BCUT2D eigenvalue weighted by atomic mass is 32.2. The number of ether oxygens (including phenoxy) is 1. The number of carbonyl (C=O) groups is 3. The van der Waals surface area contributed by atoms with Gasteiger partial charge in [-0.15, -0.1) is 16.9 Å². The smallest absolute Gasteiger partial charge is 0.311 e. The van der Waals surface area contributed by atoms with Crippen LogP contribution in [0.4, 0.5) is 0 Å². The lowest BCUT2D eigenvalue weighted by Crippen LogP contribution is -2.54. The lowest BCUT2D eigenvalue weighted by Gasteiger charge is -2.37. The fourth-order valence-corrected chi connectivity index (χ4v) is 9.23. The van der Waals surface area contributed by atoms with Gasteiger partial charge < -0.3 is 20.1 Å². The molecule has 3 aliphatic rings. The van der Waals surface area contributed by atoms with Crippen molar-refractivity contribution in [2.45, 2.75) is 54.9 Å². The quantitative estimate of drug-likeness (QED) is 0.410. The first-order valence-corrected chi connectivity index (χ1v) is 14.1. The Morgan fingerprint density at radius 1 is 1.18 bits per heavy atom. The number of thioether (sulfide) groups is 1. The van der Waals surface area contributed by atoms with E-state index in [2.05, 4.69) is 15.6 Å². The lowest BCUT2D eigenvalue weighted by atomic mass is 9.66. The number of amides is 2. The van der Waals surface area contributed by atoms with Gasteiger partial charge in [-0.25, -0.2) is 4.68 Å². The van der Waals surface area contributed by atoms with Crippen molar-refractivity contribution in [2.24, 2.45) is 11.8 Å². The summed E-state index contributed by atoms with van der Waals surface area (Å²) in [5.41, 5.74) is 2.21. The zero-order chi connectivity index (χ0) is 27.4. The number of nitrogens with one attached hydrogen (secondary N) is 1. The van der Waals surface area contributed by atoms with Crippen LogP contribution in [-0.4, -0.2) is 71.5 Å². The summed E-state index contributed by atoms with van der Waals surface area (Å²) in [7, 11) is 0. The average molecular weight is 550 g/mol. The predicted molar refractivity (Wildman–Crippen MR) is 144 cm³/mol. The molecule has 2 amide bonds. The standard InChI is InChI=1S/C28H31N5O5S/c1-3-38-26(37)22-21-25(36)33(20(15-34)17-9-5-4-6-10-17)23(28(21)14-13-27(22,2)39-28)24(35)29-16-32-19-12-8-7-11-18(19)30-31-32/h4-12,20-23,34H,3,13-16H2,1-2H3,(H,29,35)/t20-,21+,22+,23?,27-,28?/m1/s1. The molecule has 2 N–H and O–H groups in total. The Kier molecular flexibility index (Phi) is 6.38. The van der Waals surface area contributed by atoms with Gasteiger partial charge in [0.05, 0.1) is 41.4 Å². The van der Waals surface area contributed by atoms with Gasteiger partial charge in [0.25, 0.3) is 0 Å². The third-order valence-electron chi connectivity index (χ3n) is 8.52. The molecule has 204 valence electrons. The van der Waals surface area contributed by atoms with E-state index >= 15 is 0 Å². The monoisotopic (exact) mass is 549 g/mol. The molecule has 3 aliphatic heterocycles. The number of rotatable bonds is 8. The first-order chi connectivity index (χ1) is 18.8. The third kappa shape index (κ3) is 3.85. The number of hydrogen-bond donors (Lipinski definition) is 2. The number of hydrogen-bond acceptors (Lipinski definition) is 8. The number of aromatic nitrogens is 3. The average Bonchev–Trinajstić information content (AvgIpc) is 3.64. The molecule has 2 unspecified atom stereocenters. The van der Waals surface area contributed by atoms with Crippen molar-refractivity contribution in [3.63, 3.8) is 0 Å². The molecule has 1 aromatic heterocycles. The molecule has 0 radical (unpaired) electrons. The van der Waals surface area contributed by atoms with Crippen LogP contribution in [0.2, 0.25) is 0 Å². The largest absolute Gasteiger partial charge is 0.466 e. The number of aliphatic hydroxyl groups is 1. The van der Waals surface area contributed by atoms with Crippen LogP contribution in [-0.2, 0) is 25.8 Å². The fraction of sp³-hybridized carbons (Fsp3) is 0.464. The molecule has 3 aromatic rings. The summed E-state index contributed by atoms with van der Waals surface area (Å²) in [5, 5.41) is 21.9. The van der Waals surface area contributed by atoms with Gasteiger partial charge in [0.1, 0.15) is 18.2 Å². The third-order valence-corrected chi connectivity index (χ3v) is 10.5. The summed E-state index contributed by atoms with van der Waals surface area (Å²) in [6.45, 7) is 3.67. The summed E-state index contributed by atoms with van der Waals surface area (Å²) in [5.74, 6) is -2.43. The highest BCUT2D eigenvalue weighted by molar-refractivity contribution is 8.02. The molecule has 2 bridgehead atoms. The minimum atomic E-state index is -0.895. The van der Waals surface area contributed by atoms with Crippen LogP contribution in [0.25, 0.3) is 11.0 Å². The summed E-state index contributed by atoms with van der Waals surface area (Å²) in [6.07, 6.45) is 1.29. The van der Waals surface area contributed by atoms with Gasteiger partial charge in [0.2, 0.25) is 11.8 Å². The highest BCUT2D eigenvalue weighted by Crippen LogP contribution is 2.72. The zero-order valence-corrected chi connectivity index (χ0v) is 22.6. The molecule has 4 heterocycles. The van der Waals surface area contributed by atoms with Gasteiger partial charge in [-0.05, 0) is 44.4 Å². The van der Waals surface area contributed by atoms with E-state index in [9.17, 15) is 19.5 Å². The summed E-state index contributed by atoms with van der Waals surface area (Å²) in [4.78, 5) is 43.2. The molecule has 6 rings (SSSR count). The van der Waals surface area contributed by atoms with Crippen LogP contribution in [0.15, 0.2) is 54.6 Å². The van der Waals surface area contributed by atoms with Crippen LogP contribution < -0.4 is 5.32 Å². The Morgan fingerprint density at radius 3 is 2.67 bits per heavy atom. The predicted octanol–water partition coefficient (Wildman–Crippen LogP) is 2.28. The van der Waals surface area contributed by atoms with Crippen LogP contribution in [0.3, 0.4) is 0 Å². The number of benzene rings is 2. The molecule has 39 heavy (non-hydrogen) atoms. The number of fused-ring (bicyclic) bond motifs is 2. The Labute approximate surface area is 230 Å². The van der Waals surface area contributed by atoms with E-state index in [0.29, 0.717) is 18.4 Å². The van der Waals surface area contributed by atoms with E-state index in [-0.39, 0.29) is 31.7 Å². The molecular formula is C28H31N5O5S. The summed E-state index contributed by atoms with van der Waals surface area (Å²) in [6, 6.07) is 15.0. The van der Waals surface area contributed by atoms with Crippen molar-refractivity contribution in [1.29, 1.82) is 0 Å². The maximum absolute atomic E-state index is 14.3. The molecule has 0 aliphatic carbocycles. The molecule has 2 aromatic carbocycles. The summed E-state index contributed by atoms with van der Waals surface area (Å²) >= 11 is 1.57. The minimum Gasteiger partial charge on any atom is -0.466 e. The van der Waals surface area contributed by atoms with E-state index in [4.69, 9.17) is 4.74 Å². The van der Waals surface area contributed by atoms with E-state index in [1.165, 1.54) is 4.90 Å². The first kappa shape index (κ1) is 25.8. The van der Waals surface area contributed by atoms with Gasteiger partial charge in [-0.3, -0.25) is 14.4 Å². The second-order valence-electron chi connectivity index (χ2n) is 10.6. The van der Waals surface area contributed by atoms with Crippen molar-refractivity contribution in [3.8, 4) is 0 Å². The number of likely N-dealkylation sites (tertiary alicyclic amines) is 1. The first-order valence-electron chi connectivity index (χ1n) is 13.3. The SMILES string of the molecule is CCOC(=O)[C@@H]1[C@H]2C(=O)N([C@H](CO)c3ccccc3)C(C(=O)NCn3nnc4ccccc43)C23CC[C@@]1(C)S3. The van der Waals surface area contributed by atoms with Gasteiger partial charge >= 0.3 is 5.97 Å². The molecule has 10 nitrogen and oxygen atoms in total. The lowest BCUT2D eigenvalue weighted by molar-refractivity contribution is -0.155. The Hall–Kier alpha value is -3.44. The molecule has 0 saturated carbocycles. The Bertz CT molecular complexity index is 1430. The highest BCUT2D eigenvalue weighted by Gasteiger charge is 2.78. The van der Waals surface area contributed by atoms with Crippen molar-refractivity contribution < 1.29 is 24.2 Å². The molecule has 11 heteroatoms. The normalized spacial score (nSPS) is 30.0. The number of carbonyl (C=O) groups excluding carboxylic acids is 3. The number of aliphatic hydroxyl groups excluding tert-OH is 1. The van der Waals surface area contributed by atoms with Gasteiger partial charge in [-0.1, -0.05) is 47.7 Å². The minimum absolute atomic E-state index is 0.0665. The molecular weight excluding hydrogens is 518 g/mol. The number of nitrogens with zero attached hydrogens (tertiary/aromatic N) is 4. The number of esters is 1. The van der Waals surface area contributed by atoms with Gasteiger partial charge in [-0.2, -0.15) is 0 Å². The number of para-hydroxylation sites is 1. The second kappa shape index (κ2) is 9.63. The maximum Gasteiger partial charge on any atom is 0.311 e. The second-order valence-corrected chi connectivity index (χ2v) is 12.5. The van der Waals surface area contributed by atoms with Gasteiger partial charge in [0, 0.05) is 4.75 Å². The molecule has 6 atom stereocenters. The fourth-order valence-electron chi connectivity index (χ4n) is 6.90. The maximum atomic E-state index is 14.3. The van der Waals surface area contributed by atoms with Crippen molar-refractivity contribution in [2.75, 3.05) is 13.2 Å². The van der Waals surface area contributed by atoms with Crippen LogP contribution in [0.1, 0.15) is 38.3 Å². The summed E-state index contributed by atoms with van der Waals surface area (Å²) < 4.78 is 5.72. The van der Waals surface area contributed by atoms with Crippen LogP contribution in [0.5, 0.6) is 0 Å². The van der Waals surface area contributed by atoms with Crippen molar-refractivity contribution >= 4 is 40.6 Å². The van der Waals surface area contributed by atoms with E-state index in [1.54, 1.807) is 23.4 Å². The van der Waals surface area contributed by atoms with E-state index in [0.717, 1.165) is 11.1 Å². The van der Waals surface area contributed by atoms with E-state index in [1.807, 2.05) is 61.5 Å². The molecule has 3 fully saturated rings. The van der Waals surface area contributed by atoms with Gasteiger partial charge in [0.15, 0.2) is 0 Å².